The number of benzene rings is 2. The van der Waals surface area contributed by atoms with Gasteiger partial charge in [-0.05, 0) is 73.4 Å². The molecule has 0 aromatic heterocycles. The van der Waals surface area contributed by atoms with Crippen LogP contribution in [-0.4, -0.2) is 6.61 Å². The highest BCUT2D eigenvalue weighted by Crippen LogP contribution is 2.12. The summed E-state index contributed by atoms with van der Waals surface area (Å²) in [5.74, 6) is 13.3. The van der Waals surface area contributed by atoms with Crippen molar-refractivity contribution in [2.75, 3.05) is 6.61 Å². The van der Waals surface area contributed by atoms with Crippen molar-refractivity contribution in [2.45, 2.75) is 58.8 Å². The lowest BCUT2D eigenvalue weighted by molar-refractivity contribution is 0.306. The molecule has 0 aliphatic rings. The molecule has 0 bridgehead atoms. The summed E-state index contributed by atoms with van der Waals surface area (Å²) < 4.78 is 5.71. The number of ether oxygens (including phenoxy) is 1. The van der Waals surface area contributed by atoms with Crippen LogP contribution in [-0.2, 0) is 6.42 Å². The van der Waals surface area contributed by atoms with Crippen LogP contribution in [0.15, 0.2) is 60.7 Å². The predicted molar refractivity (Wildman–Crippen MR) is 124 cm³/mol. The zero-order valence-electron chi connectivity index (χ0n) is 17.8. The summed E-state index contributed by atoms with van der Waals surface area (Å²) in [6, 6.07) is 16.5. The summed E-state index contributed by atoms with van der Waals surface area (Å²) in [6.45, 7) is 5.21. The van der Waals surface area contributed by atoms with Gasteiger partial charge in [0.15, 0.2) is 0 Å². The van der Waals surface area contributed by atoms with Crippen LogP contribution in [0.5, 0.6) is 5.75 Å². The molecule has 2 aromatic rings. The van der Waals surface area contributed by atoms with Crippen molar-refractivity contribution in [3.05, 3.63) is 77.4 Å². The molecule has 29 heavy (non-hydrogen) atoms. The van der Waals surface area contributed by atoms with Gasteiger partial charge >= 0.3 is 0 Å². The van der Waals surface area contributed by atoms with Crippen LogP contribution in [0, 0.1) is 23.7 Å². The van der Waals surface area contributed by atoms with Gasteiger partial charge in [-0.25, -0.2) is 0 Å². The van der Waals surface area contributed by atoms with Crippen LogP contribution in [0.4, 0.5) is 0 Å². The van der Waals surface area contributed by atoms with E-state index < -0.39 is 0 Å². The average Bonchev–Trinajstić information content (AvgIpc) is 2.76. The molecule has 0 atom stereocenters. The van der Waals surface area contributed by atoms with Gasteiger partial charge in [0.25, 0.3) is 0 Å². The molecule has 0 radical (unpaired) electrons. The summed E-state index contributed by atoms with van der Waals surface area (Å²) in [5, 5.41) is 0. The minimum Gasteiger partial charge on any atom is -0.494 e. The summed E-state index contributed by atoms with van der Waals surface area (Å²) in [7, 11) is 0. The van der Waals surface area contributed by atoms with Crippen LogP contribution >= 0.6 is 0 Å². The second-order valence-electron chi connectivity index (χ2n) is 7.11. The monoisotopic (exact) mass is 384 g/mol. The van der Waals surface area contributed by atoms with Crippen LogP contribution in [0.1, 0.15) is 69.1 Å². The smallest absolute Gasteiger partial charge is 0.119 e. The van der Waals surface area contributed by atoms with E-state index in [4.69, 9.17) is 4.74 Å². The van der Waals surface area contributed by atoms with E-state index in [0.29, 0.717) is 0 Å². The molecule has 0 fully saturated rings. The quantitative estimate of drug-likeness (QED) is 0.336. The Kier molecular flexibility index (Phi) is 10.9. The zero-order valence-corrected chi connectivity index (χ0v) is 17.8. The van der Waals surface area contributed by atoms with E-state index in [-0.39, 0.29) is 0 Å². The second kappa shape index (κ2) is 14.1. The summed E-state index contributed by atoms with van der Waals surface area (Å²) >= 11 is 0. The number of hydrogen-bond acceptors (Lipinski definition) is 1. The minimum absolute atomic E-state index is 0.780. The number of aryl methyl sites for hydroxylation is 1. The lowest BCUT2D eigenvalue weighted by atomic mass is 10.1. The molecule has 2 aromatic carbocycles. The molecule has 0 unspecified atom stereocenters. The van der Waals surface area contributed by atoms with Gasteiger partial charge in [-0.15, -0.1) is 0 Å². The molecule has 0 saturated carbocycles. The number of hydrogen-bond donors (Lipinski definition) is 0. The lowest BCUT2D eigenvalue weighted by Gasteiger charge is -2.05. The standard InChI is InChI=1S/C28H32O/c1-3-5-9-13-25-16-18-26(19-17-25)14-10-7-8-11-15-27-20-22-28(23-21-27)29-24-12-6-4-2/h7-8,16-23H,3-6,9,12-13,24H2,1-2H3. The van der Waals surface area contributed by atoms with E-state index in [2.05, 4.69) is 61.8 Å². The lowest BCUT2D eigenvalue weighted by Crippen LogP contribution is -1.96. The minimum atomic E-state index is 0.780. The molecule has 0 aliphatic heterocycles. The molecule has 0 N–H and O–H groups in total. The third-order valence-corrected chi connectivity index (χ3v) is 4.58. The first-order valence-electron chi connectivity index (χ1n) is 10.8. The van der Waals surface area contributed by atoms with Crippen molar-refractivity contribution in [2.24, 2.45) is 0 Å². The number of unbranched alkanes of at least 4 members (excludes halogenated alkanes) is 4. The molecule has 1 heteroatoms. The molecule has 0 saturated heterocycles. The fraction of sp³-hybridized carbons (Fsp3) is 0.357. The first-order valence-corrected chi connectivity index (χ1v) is 10.8. The molecule has 2 rings (SSSR count). The Labute approximate surface area is 177 Å². The van der Waals surface area contributed by atoms with Crippen LogP contribution in [0.2, 0.25) is 0 Å². The van der Waals surface area contributed by atoms with Crippen molar-refractivity contribution in [3.8, 4) is 29.4 Å². The van der Waals surface area contributed by atoms with Gasteiger partial charge in [-0.3, -0.25) is 0 Å². The Morgan fingerprint density at radius 3 is 1.83 bits per heavy atom. The largest absolute Gasteiger partial charge is 0.494 e. The predicted octanol–water partition coefficient (Wildman–Crippen LogP) is 6.95. The van der Waals surface area contributed by atoms with Gasteiger partial charge in [0, 0.05) is 11.1 Å². The van der Waals surface area contributed by atoms with Crippen molar-refractivity contribution in [3.63, 3.8) is 0 Å². The van der Waals surface area contributed by atoms with Crippen molar-refractivity contribution in [1.82, 2.24) is 0 Å². The maximum atomic E-state index is 5.71. The van der Waals surface area contributed by atoms with E-state index >= 15 is 0 Å². The zero-order chi connectivity index (χ0) is 20.6. The molecule has 0 spiro atoms. The maximum Gasteiger partial charge on any atom is 0.119 e. The van der Waals surface area contributed by atoms with Gasteiger partial charge in [-0.1, -0.05) is 75.3 Å². The van der Waals surface area contributed by atoms with E-state index in [0.717, 1.165) is 36.3 Å². The molecule has 0 aliphatic carbocycles. The van der Waals surface area contributed by atoms with Crippen LogP contribution in [0.25, 0.3) is 0 Å². The molecule has 1 nitrogen and oxygen atoms in total. The molecular formula is C28H32O. The Bertz CT molecular complexity index is 849. The average molecular weight is 385 g/mol. The van der Waals surface area contributed by atoms with Gasteiger partial charge < -0.3 is 4.74 Å². The van der Waals surface area contributed by atoms with Crippen LogP contribution < -0.4 is 4.74 Å². The third kappa shape index (κ3) is 9.73. The normalized spacial score (nSPS) is 10.1. The first-order chi connectivity index (χ1) is 14.3. The Morgan fingerprint density at radius 1 is 0.690 bits per heavy atom. The second-order valence-corrected chi connectivity index (χ2v) is 7.11. The highest BCUT2D eigenvalue weighted by Gasteiger charge is 1.94. The summed E-state index contributed by atoms with van der Waals surface area (Å²) in [6.07, 6.45) is 12.1. The highest BCUT2D eigenvalue weighted by molar-refractivity contribution is 5.42. The summed E-state index contributed by atoms with van der Waals surface area (Å²) in [4.78, 5) is 0. The maximum absolute atomic E-state index is 5.71. The van der Waals surface area contributed by atoms with Gasteiger partial charge in [0.05, 0.1) is 6.61 Å². The number of rotatable bonds is 9. The number of allylic oxidation sites excluding steroid dienone is 2. The van der Waals surface area contributed by atoms with Crippen molar-refractivity contribution >= 4 is 0 Å². The van der Waals surface area contributed by atoms with Crippen molar-refractivity contribution in [1.29, 1.82) is 0 Å². The SMILES string of the molecule is CCCCCOc1ccc(C#CC=CC#Cc2ccc(CCCCC)cc2)cc1. The molecule has 150 valence electrons. The summed E-state index contributed by atoms with van der Waals surface area (Å²) in [5.41, 5.74) is 3.40. The molecular weight excluding hydrogens is 352 g/mol. The van der Waals surface area contributed by atoms with E-state index in [1.807, 2.05) is 24.3 Å². The Morgan fingerprint density at radius 2 is 1.24 bits per heavy atom. The van der Waals surface area contributed by atoms with Gasteiger partial charge in [0.2, 0.25) is 0 Å². The van der Waals surface area contributed by atoms with E-state index in [9.17, 15) is 0 Å². The van der Waals surface area contributed by atoms with Gasteiger partial charge in [0.1, 0.15) is 5.75 Å². The fourth-order valence-electron chi connectivity index (χ4n) is 2.84. The van der Waals surface area contributed by atoms with Crippen molar-refractivity contribution < 1.29 is 4.74 Å². The first kappa shape index (κ1) is 22.4. The fourth-order valence-corrected chi connectivity index (χ4v) is 2.84. The Balaban J connectivity index is 1.77. The van der Waals surface area contributed by atoms with Crippen LogP contribution in [0.3, 0.4) is 0 Å². The van der Waals surface area contributed by atoms with Gasteiger partial charge in [-0.2, -0.15) is 0 Å². The Hall–Kier alpha value is -2.90. The van der Waals surface area contributed by atoms with E-state index in [1.54, 1.807) is 12.2 Å². The molecule has 0 heterocycles. The van der Waals surface area contributed by atoms with E-state index in [1.165, 1.54) is 37.7 Å². The third-order valence-electron chi connectivity index (χ3n) is 4.58. The highest BCUT2D eigenvalue weighted by atomic mass is 16.5. The molecule has 0 amide bonds. The topological polar surface area (TPSA) is 9.23 Å².